The fourth-order valence-corrected chi connectivity index (χ4v) is 3.31. The van der Waals surface area contributed by atoms with Crippen molar-refractivity contribution in [2.45, 2.75) is 32.9 Å². The van der Waals surface area contributed by atoms with E-state index in [2.05, 4.69) is 34.4 Å². The molecule has 2 rings (SSSR count). The number of hydrogen-bond acceptors (Lipinski definition) is 5. The lowest BCUT2D eigenvalue weighted by atomic mass is 10.0. The summed E-state index contributed by atoms with van der Waals surface area (Å²) in [6.45, 7) is 11.7. The van der Waals surface area contributed by atoms with Crippen LogP contribution >= 0.6 is 24.0 Å². The number of hydrogen-bond donors (Lipinski definition) is 2. The molecule has 0 spiro atoms. The molecule has 1 saturated heterocycles. The second-order valence-electron chi connectivity index (χ2n) is 7.40. The largest absolute Gasteiger partial charge is 0.497 e. The van der Waals surface area contributed by atoms with E-state index in [9.17, 15) is 0 Å². The highest BCUT2D eigenvalue weighted by atomic mass is 127. The molecule has 0 aromatic heterocycles. The quantitative estimate of drug-likeness (QED) is 0.297. The molecule has 1 fully saturated rings. The Morgan fingerprint density at radius 2 is 1.79 bits per heavy atom. The van der Waals surface area contributed by atoms with Crippen molar-refractivity contribution in [2.75, 3.05) is 53.6 Å². The van der Waals surface area contributed by atoms with Crippen molar-refractivity contribution in [1.29, 1.82) is 0 Å². The van der Waals surface area contributed by atoms with Gasteiger partial charge in [-0.15, -0.1) is 24.0 Å². The van der Waals surface area contributed by atoms with Crippen LogP contribution in [0.1, 0.15) is 20.8 Å². The molecule has 0 saturated carbocycles. The first-order valence-electron chi connectivity index (χ1n) is 10.1. The second-order valence-corrected chi connectivity index (χ2v) is 7.40. The Bertz CT molecular complexity index is 609. The summed E-state index contributed by atoms with van der Waals surface area (Å²) in [5, 5.41) is 6.82. The van der Waals surface area contributed by atoms with Gasteiger partial charge in [0.25, 0.3) is 0 Å². The second kappa shape index (κ2) is 13.9. The Morgan fingerprint density at radius 1 is 1.14 bits per heavy atom. The summed E-state index contributed by atoms with van der Waals surface area (Å²) >= 11 is 0. The molecule has 7 nitrogen and oxygen atoms in total. The molecule has 1 aliphatic rings. The highest BCUT2D eigenvalue weighted by Crippen LogP contribution is 2.19. The smallest absolute Gasteiger partial charge is 0.191 e. The molecule has 2 N–H and O–H groups in total. The van der Waals surface area contributed by atoms with E-state index in [1.54, 1.807) is 14.2 Å². The molecule has 1 heterocycles. The molecule has 0 amide bonds. The maximum Gasteiger partial charge on any atom is 0.191 e. The number of ether oxygens (including phenoxy) is 3. The van der Waals surface area contributed by atoms with E-state index < -0.39 is 0 Å². The van der Waals surface area contributed by atoms with Crippen LogP contribution in [-0.2, 0) is 4.74 Å². The summed E-state index contributed by atoms with van der Waals surface area (Å²) in [5.41, 5.74) is 0. The van der Waals surface area contributed by atoms with E-state index in [1.165, 1.54) is 0 Å². The average Bonchev–Trinajstić information content (AvgIpc) is 2.71. The Balaban J connectivity index is 0.00000420. The van der Waals surface area contributed by atoms with E-state index in [0.29, 0.717) is 18.5 Å². The van der Waals surface area contributed by atoms with Gasteiger partial charge in [-0.3, -0.25) is 9.89 Å². The zero-order chi connectivity index (χ0) is 20.4. The normalized spacial score (nSPS) is 17.2. The molecular formula is C21H37IN4O3. The number of aliphatic imine (C=N–C) groups is 1. The topological polar surface area (TPSA) is 67.4 Å². The van der Waals surface area contributed by atoms with Crippen LogP contribution in [0.5, 0.6) is 11.5 Å². The van der Waals surface area contributed by atoms with Crippen LogP contribution in [0.2, 0.25) is 0 Å². The van der Waals surface area contributed by atoms with Gasteiger partial charge in [0.2, 0.25) is 0 Å². The monoisotopic (exact) mass is 520 g/mol. The van der Waals surface area contributed by atoms with Gasteiger partial charge in [0.15, 0.2) is 5.96 Å². The fraction of sp³-hybridized carbons (Fsp3) is 0.667. The lowest BCUT2D eigenvalue weighted by Crippen LogP contribution is -2.53. The van der Waals surface area contributed by atoms with E-state index in [1.807, 2.05) is 31.2 Å². The number of benzene rings is 1. The number of nitrogens with one attached hydrogen (secondary N) is 2. The highest BCUT2D eigenvalue weighted by molar-refractivity contribution is 14.0. The molecule has 0 radical (unpaired) electrons. The molecule has 0 bridgehead atoms. The van der Waals surface area contributed by atoms with E-state index in [0.717, 1.165) is 50.3 Å². The first-order valence-corrected chi connectivity index (χ1v) is 10.1. The molecule has 29 heavy (non-hydrogen) atoms. The fourth-order valence-electron chi connectivity index (χ4n) is 3.31. The van der Waals surface area contributed by atoms with Crippen LogP contribution < -0.4 is 20.1 Å². The van der Waals surface area contributed by atoms with Gasteiger partial charge >= 0.3 is 0 Å². The number of halogens is 1. The molecule has 1 aliphatic heterocycles. The van der Waals surface area contributed by atoms with Gasteiger partial charge in [-0.2, -0.15) is 0 Å². The van der Waals surface area contributed by atoms with E-state index in [-0.39, 0.29) is 30.1 Å². The SMILES string of the molecule is CN=C(NCC(C)Oc1cccc(OC)c1)NCC(C(C)C)N1CCOCC1.I. The Morgan fingerprint density at radius 3 is 2.41 bits per heavy atom. The Hall–Kier alpha value is -1.26. The van der Waals surface area contributed by atoms with Gasteiger partial charge in [-0.1, -0.05) is 19.9 Å². The number of methoxy groups -OCH3 is 1. The Kier molecular flexibility index (Phi) is 12.3. The van der Waals surface area contributed by atoms with Crippen LogP contribution in [0, 0.1) is 5.92 Å². The molecule has 1 aromatic carbocycles. The standard InChI is InChI=1S/C21H36N4O3.HI/c1-16(2)20(25-9-11-27-12-10-25)15-24-21(22-4)23-14-17(3)28-19-8-6-7-18(13-19)26-5;/h6-8,13,16-17,20H,9-12,14-15H2,1-5H3,(H2,22,23,24);1H. The predicted octanol–water partition coefficient (Wildman–Crippen LogP) is 2.60. The van der Waals surface area contributed by atoms with Crippen LogP contribution in [0.15, 0.2) is 29.3 Å². The lowest BCUT2D eigenvalue weighted by molar-refractivity contribution is 0.00751. The van der Waals surface area contributed by atoms with Crippen LogP contribution in [0.3, 0.4) is 0 Å². The van der Waals surface area contributed by atoms with Crippen molar-refractivity contribution in [1.82, 2.24) is 15.5 Å². The zero-order valence-electron chi connectivity index (χ0n) is 18.3. The maximum atomic E-state index is 5.96. The van der Waals surface area contributed by atoms with Crippen molar-refractivity contribution in [3.8, 4) is 11.5 Å². The molecule has 166 valence electrons. The van der Waals surface area contributed by atoms with E-state index in [4.69, 9.17) is 14.2 Å². The molecular weight excluding hydrogens is 483 g/mol. The summed E-state index contributed by atoms with van der Waals surface area (Å²) in [5.74, 6) is 2.93. The predicted molar refractivity (Wildman–Crippen MR) is 129 cm³/mol. The summed E-state index contributed by atoms with van der Waals surface area (Å²) in [4.78, 5) is 6.85. The average molecular weight is 520 g/mol. The molecule has 2 atom stereocenters. The summed E-state index contributed by atoms with van der Waals surface area (Å²) < 4.78 is 16.7. The van der Waals surface area contributed by atoms with Gasteiger partial charge in [-0.05, 0) is 25.0 Å². The molecule has 0 aliphatic carbocycles. The molecule has 8 heteroatoms. The minimum absolute atomic E-state index is 0. The van der Waals surface area contributed by atoms with Gasteiger partial charge in [0, 0.05) is 38.8 Å². The third-order valence-electron chi connectivity index (χ3n) is 4.92. The van der Waals surface area contributed by atoms with Crippen LogP contribution in [0.4, 0.5) is 0 Å². The van der Waals surface area contributed by atoms with Crippen LogP contribution in [0.25, 0.3) is 0 Å². The first-order chi connectivity index (χ1) is 13.5. The van der Waals surface area contributed by atoms with Crippen molar-refractivity contribution < 1.29 is 14.2 Å². The third kappa shape index (κ3) is 8.96. The van der Waals surface area contributed by atoms with Crippen molar-refractivity contribution in [2.24, 2.45) is 10.9 Å². The lowest BCUT2D eigenvalue weighted by Gasteiger charge is -2.37. The summed E-state index contributed by atoms with van der Waals surface area (Å²) in [7, 11) is 3.45. The maximum absolute atomic E-state index is 5.96. The van der Waals surface area contributed by atoms with Gasteiger partial charge < -0.3 is 24.8 Å². The van der Waals surface area contributed by atoms with Gasteiger partial charge in [0.05, 0.1) is 26.9 Å². The van der Waals surface area contributed by atoms with Gasteiger partial charge in [-0.25, -0.2) is 0 Å². The van der Waals surface area contributed by atoms with E-state index >= 15 is 0 Å². The van der Waals surface area contributed by atoms with Crippen LogP contribution in [-0.4, -0.2) is 76.6 Å². The number of rotatable bonds is 9. The van der Waals surface area contributed by atoms with Crippen molar-refractivity contribution in [3.63, 3.8) is 0 Å². The number of morpholine rings is 1. The Labute approximate surface area is 192 Å². The molecule has 2 unspecified atom stereocenters. The summed E-state index contributed by atoms with van der Waals surface area (Å²) in [6, 6.07) is 8.10. The zero-order valence-corrected chi connectivity index (χ0v) is 20.6. The van der Waals surface area contributed by atoms with Gasteiger partial charge in [0.1, 0.15) is 17.6 Å². The minimum atomic E-state index is -0.00852. The number of guanidine groups is 1. The molecule has 1 aromatic rings. The highest BCUT2D eigenvalue weighted by Gasteiger charge is 2.23. The summed E-state index contributed by atoms with van der Waals surface area (Å²) in [6.07, 6.45) is -0.00852. The first kappa shape index (κ1) is 25.8. The third-order valence-corrected chi connectivity index (χ3v) is 4.92. The number of nitrogens with zero attached hydrogens (tertiary/aromatic N) is 2. The van der Waals surface area contributed by atoms with Crippen molar-refractivity contribution >= 4 is 29.9 Å². The van der Waals surface area contributed by atoms with Crippen molar-refractivity contribution in [3.05, 3.63) is 24.3 Å². The minimum Gasteiger partial charge on any atom is -0.497 e.